The number of carbonyl (C=O) groups is 1. The van der Waals surface area contributed by atoms with Crippen LogP contribution in [0.3, 0.4) is 0 Å². The second-order valence-corrected chi connectivity index (χ2v) is 9.64. The van der Waals surface area contributed by atoms with Gasteiger partial charge in [-0.3, -0.25) is 4.98 Å². The second kappa shape index (κ2) is 11.0. The van der Waals surface area contributed by atoms with Crippen molar-refractivity contribution in [3.63, 3.8) is 0 Å². The Balaban J connectivity index is 1.41. The first-order valence-electron chi connectivity index (χ1n) is 12.8. The number of hydrogen-bond donors (Lipinski definition) is 1. The number of pyridine rings is 1. The van der Waals surface area contributed by atoms with E-state index in [1.165, 1.54) is 7.11 Å². The van der Waals surface area contributed by atoms with Crippen molar-refractivity contribution < 1.29 is 14.3 Å². The lowest BCUT2D eigenvalue weighted by Crippen LogP contribution is -2.30. The predicted molar refractivity (Wildman–Crippen MR) is 158 cm³/mol. The highest BCUT2D eigenvalue weighted by molar-refractivity contribution is 7.80. The van der Waals surface area contributed by atoms with Crippen molar-refractivity contribution in [1.82, 2.24) is 14.9 Å². The number of aromatic nitrogens is 2. The minimum atomic E-state index is -0.384. The molecule has 3 heterocycles. The Morgan fingerprint density at radius 1 is 0.850 bits per heavy atom. The molecule has 0 amide bonds. The summed E-state index contributed by atoms with van der Waals surface area (Å²) in [6.45, 7) is 0. The van der Waals surface area contributed by atoms with Gasteiger partial charge >= 0.3 is 5.97 Å². The summed E-state index contributed by atoms with van der Waals surface area (Å²) in [6, 6.07) is 34.4. The average Bonchev–Trinajstić information content (AvgIpc) is 3.62. The van der Waals surface area contributed by atoms with Gasteiger partial charge in [-0.15, -0.1) is 0 Å². The summed E-state index contributed by atoms with van der Waals surface area (Å²) in [4.78, 5) is 19.0. The second-order valence-electron chi connectivity index (χ2n) is 9.25. The largest absolute Gasteiger partial charge is 0.465 e. The molecule has 198 valence electrons. The van der Waals surface area contributed by atoms with Gasteiger partial charge in [-0.1, -0.05) is 30.3 Å². The van der Waals surface area contributed by atoms with Gasteiger partial charge in [0.1, 0.15) is 17.5 Å². The number of carbonyl (C=O) groups excluding carboxylic acids is 1. The van der Waals surface area contributed by atoms with Gasteiger partial charge in [-0.2, -0.15) is 0 Å². The molecule has 1 saturated heterocycles. The molecule has 6 rings (SSSR count). The molecule has 5 aromatic rings. The molecular weight excluding hydrogens is 520 g/mol. The number of nitrogens with zero attached hydrogens (tertiary/aromatic N) is 3. The van der Waals surface area contributed by atoms with Gasteiger partial charge in [0.05, 0.1) is 24.4 Å². The summed E-state index contributed by atoms with van der Waals surface area (Å²) >= 11 is 5.90. The average molecular weight is 547 g/mol. The summed E-state index contributed by atoms with van der Waals surface area (Å²) in [6.07, 6.45) is 3.77. The van der Waals surface area contributed by atoms with Crippen LogP contribution in [-0.2, 0) is 4.74 Å². The summed E-state index contributed by atoms with van der Waals surface area (Å²) in [5.74, 6) is 1.12. The molecule has 1 fully saturated rings. The summed E-state index contributed by atoms with van der Waals surface area (Å²) < 4.78 is 13.0. The highest BCUT2D eigenvalue weighted by Gasteiger charge is 2.42. The minimum Gasteiger partial charge on any atom is -0.465 e. The fourth-order valence-corrected chi connectivity index (χ4v) is 5.35. The molecule has 0 bridgehead atoms. The van der Waals surface area contributed by atoms with Crippen LogP contribution in [0.15, 0.2) is 122 Å². The lowest BCUT2D eigenvalue weighted by molar-refractivity contribution is 0.0600. The van der Waals surface area contributed by atoms with Crippen molar-refractivity contribution in [2.45, 2.75) is 12.1 Å². The van der Waals surface area contributed by atoms with E-state index in [1.54, 1.807) is 12.3 Å². The first-order chi connectivity index (χ1) is 19.6. The third-order valence-corrected chi connectivity index (χ3v) is 7.14. The number of benzene rings is 3. The lowest BCUT2D eigenvalue weighted by Gasteiger charge is -2.29. The maximum Gasteiger partial charge on any atom is 0.337 e. The number of para-hydroxylation sites is 1. The van der Waals surface area contributed by atoms with Crippen LogP contribution >= 0.6 is 12.2 Å². The third-order valence-electron chi connectivity index (χ3n) is 6.82. The molecule has 0 radical (unpaired) electrons. The van der Waals surface area contributed by atoms with Crippen molar-refractivity contribution in [2.75, 3.05) is 12.0 Å². The highest BCUT2D eigenvalue weighted by atomic mass is 32.1. The van der Waals surface area contributed by atoms with Crippen LogP contribution in [0.5, 0.6) is 11.5 Å². The molecule has 1 aliphatic heterocycles. The van der Waals surface area contributed by atoms with Crippen molar-refractivity contribution in [1.29, 1.82) is 0 Å². The van der Waals surface area contributed by atoms with Crippen LogP contribution in [-0.4, -0.2) is 27.7 Å². The van der Waals surface area contributed by atoms with Crippen molar-refractivity contribution in [3.05, 3.63) is 139 Å². The SMILES string of the molecule is COC(=O)c1cccc(-n2cccc2[C@H]2[C@H](c3ccccn3)NC(=S)N2c2ccc(Oc3ccccc3)cc2)c1. The number of hydrogen-bond acceptors (Lipinski definition) is 5. The van der Waals surface area contributed by atoms with Gasteiger partial charge in [-0.05, 0) is 91.1 Å². The number of rotatable bonds is 7. The quantitative estimate of drug-likeness (QED) is 0.182. The van der Waals surface area contributed by atoms with E-state index in [2.05, 4.69) is 25.8 Å². The fourth-order valence-electron chi connectivity index (χ4n) is 5.00. The zero-order valence-corrected chi connectivity index (χ0v) is 22.5. The van der Waals surface area contributed by atoms with Crippen LogP contribution in [0.25, 0.3) is 5.69 Å². The Morgan fingerprint density at radius 3 is 2.38 bits per heavy atom. The van der Waals surface area contributed by atoms with Gasteiger partial charge in [0.2, 0.25) is 0 Å². The smallest absolute Gasteiger partial charge is 0.337 e. The Kier molecular flexibility index (Phi) is 6.99. The van der Waals surface area contributed by atoms with E-state index in [4.69, 9.17) is 21.7 Å². The molecule has 7 nitrogen and oxygen atoms in total. The number of anilines is 1. The fraction of sp³-hybridized carbons (Fsp3) is 0.0938. The van der Waals surface area contributed by atoms with E-state index in [0.717, 1.165) is 34.3 Å². The summed E-state index contributed by atoms with van der Waals surface area (Å²) in [7, 11) is 1.38. The molecule has 0 aliphatic carbocycles. The Morgan fingerprint density at radius 2 is 1.62 bits per heavy atom. The molecule has 0 unspecified atom stereocenters. The Labute approximate surface area is 237 Å². The van der Waals surface area contributed by atoms with E-state index in [1.807, 2.05) is 103 Å². The number of nitrogens with one attached hydrogen (secondary N) is 1. The van der Waals surface area contributed by atoms with Gasteiger partial charge in [0, 0.05) is 29.5 Å². The molecule has 40 heavy (non-hydrogen) atoms. The van der Waals surface area contributed by atoms with E-state index < -0.39 is 0 Å². The number of thiocarbonyl (C=S) groups is 1. The normalized spacial score (nSPS) is 16.4. The van der Waals surface area contributed by atoms with Crippen LogP contribution in [0, 0.1) is 0 Å². The molecule has 3 aromatic carbocycles. The number of methoxy groups -OCH3 is 1. The molecule has 1 aliphatic rings. The van der Waals surface area contributed by atoms with E-state index in [-0.39, 0.29) is 18.1 Å². The van der Waals surface area contributed by atoms with Gasteiger partial charge in [0.25, 0.3) is 0 Å². The third kappa shape index (κ3) is 4.92. The first-order valence-corrected chi connectivity index (χ1v) is 13.2. The molecular formula is C32H26N4O3S. The summed E-state index contributed by atoms with van der Waals surface area (Å²) in [5.41, 5.74) is 4.09. The van der Waals surface area contributed by atoms with Crippen molar-refractivity contribution in [3.8, 4) is 17.2 Å². The first kappa shape index (κ1) is 25.3. The minimum absolute atomic E-state index is 0.216. The molecule has 2 aromatic heterocycles. The van der Waals surface area contributed by atoms with Gasteiger partial charge < -0.3 is 24.3 Å². The molecule has 8 heteroatoms. The van der Waals surface area contributed by atoms with E-state index in [9.17, 15) is 4.79 Å². The van der Waals surface area contributed by atoms with Crippen LogP contribution in [0.4, 0.5) is 5.69 Å². The monoisotopic (exact) mass is 546 g/mol. The Bertz CT molecular complexity index is 1640. The van der Waals surface area contributed by atoms with Crippen LogP contribution in [0.1, 0.15) is 33.8 Å². The van der Waals surface area contributed by atoms with Crippen LogP contribution in [0.2, 0.25) is 0 Å². The maximum atomic E-state index is 12.3. The van der Waals surface area contributed by atoms with E-state index >= 15 is 0 Å². The van der Waals surface area contributed by atoms with Gasteiger partial charge in [-0.25, -0.2) is 4.79 Å². The zero-order chi connectivity index (χ0) is 27.5. The van der Waals surface area contributed by atoms with E-state index in [0.29, 0.717) is 10.7 Å². The lowest BCUT2D eigenvalue weighted by atomic mass is 10.0. The van der Waals surface area contributed by atoms with Gasteiger partial charge in [0.15, 0.2) is 5.11 Å². The Hall–Kier alpha value is -4.95. The highest BCUT2D eigenvalue weighted by Crippen LogP contribution is 2.42. The number of esters is 1. The molecule has 2 atom stereocenters. The maximum absolute atomic E-state index is 12.3. The van der Waals surface area contributed by atoms with Crippen LogP contribution < -0.4 is 15.0 Å². The topological polar surface area (TPSA) is 68.6 Å². The zero-order valence-electron chi connectivity index (χ0n) is 21.7. The molecule has 0 spiro atoms. The number of ether oxygens (including phenoxy) is 2. The summed E-state index contributed by atoms with van der Waals surface area (Å²) in [5, 5.41) is 4.10. The van der Waals surface area contributed by atoms with Crippen molar-refractivity contribution in [2.24, 2.45) is 0 Å². The standard InChI is InChI=1S/C32H26N4O3S/c1-38-31(37)22-9-7-10-24(21-22)35-20-8-14-28(35)30-29(27-13-5-6-19-33-27)34-32(40)36(30)23-15-17-26(18-16-23)39-25-11-3-2-4-12-25/h2-21,29-30H,1H3,(H,34,40)/t29-,30-/m0/s1. The van der Waals surface area contributed by atoms with Crippen molar-refractivity contribution >= 4 is 29.0 Å². The molecule has 1 N–H and O–H groups in total. The molecule has 0 saturated carbocycles. The predicted octanol–water partition coefficient (Wildman–Crippen LogP) is 6.63.